The normalized spacial score (nSPS) is 11.5. The molecule has 0 radical (unpaired) electrons. The number of carboxylic acids is 1. The lowest BCUT2D eigenvalue weighted by Crippen LogP contribution is -2.23. The van der Waals surface area contributed by atoms with Crippen molar-refractivity contribution in [3.8, 4) is 11.5 Å². The molecular weight excluding hydrogens is 358 g/mol. The van der Waals surface area contributed by atoms with Crippen LogP contribution < -0.4 is 19.3 Å². The Balaban J connectivity index is 2.25. The van der Waals surface area contributed by atoms with E-state index < -0.39 is 16.0 Å². The fourth-order valence-corrected chi connectivity index (χ4v) is 3.39. The van der Waals surface area contributed by atoms with Gasteiger partial charge in [0.2, 0.25) is 10.0 Å². The molecule has 0 bridgehead atoms. The highest BCUT2D eigenvalue weighted by Gasteiger charge is 2.19. The number of aliphatic carboxylic acids is 1. The molecule has 0 saturated heterocycles. The summed E-state index contributed by atoms with van der Waals surface area (Å²) in [7, 11) is -0.978. The van der Waals surface area contributed by atoms with E-state index in [0.29, 0.717) is 11.3 Å². The molecule has 0 heterocycles. The Bertz CT molecular complexity index is 904. The minimum absolute atomic E-state index is 0.0780. The fourth-order valence-electron chi connectivity index (χ4n) is 2.17. The molecule has 0 aliphatic rings. The summed E-state index contributed by atoms with van der Waals surface area (Å²) in [5, 5.41) is 10.5. The van der Waals surface area contributed by atoms with Gasteiger partial charge in [0.1, 0.15) is 16.4 Å². The van der Waals surface area contributed by atoms with Crippen molar-refractivity contribution >= 4 is 22.1 Å². The first-order valence-electron chi connectivity index (χ1n) is 7.55. The standard InChI is InChI=1S/C18H19NO6S/c1-24-15-7-3-14(4-8-15)12-19-26(22,23)17-11-13(6-10-18(20)21)5-9-16(17)25-2/h3-11,19H,12H2,1-2H3,(H,20,21)/p-1/b10-6+. The van der Waals surface area contributed by atoms with E-state index in [-0.39, 0.29) is 17.2 Å². The predicted molar refractivity (Wildman–Crippen MR) is 94.1 cm³/mol. The van der Waals surface area contributed by atoms with Crippen LogP contribution in [0.15, 0.2) is 53.4 Å². The summed E-state index contributed by atoms with van der Waals surface area (Å²) < 4.78 is 37.9. The number of sulfonamides is 1. The molecule has 0 aliphatic carbocycles. The van der Waals surface area contributed by atoms with Crippen molar-refractivity contribution in [2.24, 2.45) is 0 Å². The van der Waals surface area contributed by atoms with Gasteiger partial charge in [-0.2, -0.15) is 0 Å². The number of nitrogens with one attached hydrogen (secondary N) is 1. The molecule has 0 unspecified atom stereocenters. The van der Waals surface area contributed by atoms with Crippen LogP contribution >= 0.6 is 0 Å². The fraction of sp³-hybridized carbons (Fsp3) is 0.167. The van der Waals surface area contributed by atoms with Gasteiger partial charge in [-0.15, -0.1) is 0 Å². The van der Waals surface area contributed by atoms with Gasteiger partial charge in [-0.05, 0) is 41.5 Å². The van der Waals surface area contributed by atoms with Gasteiger partial charge in [0.05, 0.1) is 20.2 Å². The van der Waals surface area contributed by atoms with Crippen LogP contribution in [-0.2, 0) is 21.4 Å². The number of benzene rings is 2. The number of carbonyl (C=O) groups is 1. The van der Waals surface area contributed by atoms with Crippen LogP contribution in [0, 0.1) is 0 Å². The maximum atomic E-state index is 12.6. The molecule has 2 aromatic rings. The molecule has 0 amide bonds. The SMILES string of the molecule is COc1ccc(CNS(=O)(=O)c2cc(/C=C/C(=O)[O-])ccc2OC)cc1. The van der Waals surface area contributed by atoms with Crippen molar-refractivity contribution < 1.29 is 27.8 Å². The number of hydrogen-bond donors (Lipinski definition) is 1. The Morgan fingerprint density at radius 1 is 1.12 bits per heavy atom. The molecule has 0 spiro atoms. The zero-order chi connectivity index (χ0) is 19.2. The lowest BCUT2D eigenvalue weighted by molar-refractivity contribution is -0.297. The summed E-state index contributed by atoms with van der Waals surface area (Å²) in [6.45, 7) is 0.0780. The topological polar surface area (TPSA) is 105 Å². The third-order valence-electron chi connectivity index (χ3n) is 3.51. The van der Waals surface area contributed by atoms with E-state index >= 15 is 0 Å². The summed E-state index contributed by atoms with van der Waals surface area (Å²) >= 11 is 0. The average molecular weight is 376 g/mol. The van der Waals surface area contributed by atoms with Crippen LogP contribution in [0.2, 0.25) is 0 Å². The van der Waals surface area contributed by atoms with Crippen LogP contribution in [0.4, 0.5) is 0 Å². The van der Waals surface area contributed by atoms with Crippen LogP contribution in [0.25, 0.3) is 6.08 Å². The van der Waals surface area contributed by atoms with Crippen molar-refractivity contribution in [1.82, 2.24) is 4.72 Å². The van der Waals surface area contributed by atoms with Crippen LogP contribution in [0.1, 0.15) is 11.1 Å². The largest absolute Gasteiger partial charge is 0.545 e. The molecule has 0 aliphatic heterocycles. The first-order chi connectivity index (χ1) is 12.4. The number of methoxy groups -OCH3 is 2. The zero-order valence-electron chi connectivity index (χ0n) is 14.3. The molecule has 8 heteroatoms. The minimum Gasteiger partial charge on any atom is -0.545 e. The second-order valence-corrected chi connectivity index (χ2v) is 6.97. The molecule has 2 aromatic carbocycles. The van der Waals surface area contributed by atoms with Crippen molar-refractivity contribution in [3.63, 3.8) is 0 Å². The van der Waals surface area contributed by atoms with Gasteiger partial charge in [-0.25, -0.2) is 13.1 Å². The van der Waals surface area contributed by atoms with Gasteiger partial charge in [0, 0.05) is 6.54 Å². The van der Waals surface area contributed by atoms with E-state index in [9.17, 15) is 18.3 Å². The van der Waals surface area contributed by atoms with Crippen molar-refractivity contribution in [1.29, 1.82) is 0 Å². The quantitative estimate of drug-likeness (QED) is 0.688. The Labute approximate surface area is 151 Å². The predicted octanol–water partition coefficient (Wildman–Crippen LogP) is 0.945. The zero-order valence-corrected chi connectivity index (χ0v) is 15.1. The second kappa shape index (κ2) is 8.50. The molecule has 0 saturated carbocycles. The molecule has 138 valence electrons. The average Bonchev–Trinajstić information content (AvgIpc) is 2.65. The number of rotatable bonds is 8. The van der Waals surface area contributed by atoms with Crippen molar-refractivity contribution in [2.75, 3.05) is 14.2 Å². The Hall–Kier alpha value is -2.84. The molecule has 0 atom stereocenters. The smallest absolute Gasteiger partial charge is 0.244 e. The summed E-state index contributed by atoms with van der Waals surface area (Å²) in [6, 6.07) is 11.3. The molecule has 7 nitrogen and oxygen atoms in total. The van der Waals surface area contributed by atoms with Crippen LogP contribution in [-0.4, -0.2) is 28.6 Å². The van der Waals surface area contributed by atoms with Crippen molar-refractivity contribution in [2.45, 2.75) is 11.4 Å². The first kappa shape index (κ1) is 19.5. The third-order valence-corrected chi connectivity index (χ3v) is 4.94. The molecular formula is C18H18NO6S-. The van der Waals surface area contributed by atoms with Crippen molar-refractivity contribution in [3.05, 3.63) is 59.7 Å². The Morgan fingerprint density at radius 2 is 1.81 bits per heavy atom. The summed E-state index contributed by atoms with van der Waals surface area (Å²) in [5.41, 5.74) is 1.14. The highest BCUT2D eigenvalue weighted by atomic mass is 32.2. The van der Waals surface area contributed by atoms with E-state index in [0.717, 1.165) is 11.6 Å². The molecule has 0 fully saturated rings. The second-order valence-electron chi connectivity index (χ2n) is 5.24. The highest BCUT2D eigenvalue weighted by Crippen LogP contribution is 2.25. The van der Waals surface area contributed by atoms with E-state index in [4.69, 9.17) is 9.47 Å². The highest BCUT2D eigenvalue weighted by molar-refractivity contribution is 7.89. The maximum Gasteiger partial charge on any atom is 0.244 e. The summed E-state index contributed by atoms with van der Waals surface area (Å²) in [4.78, 5) is 10.4. The van der Waals surface area contributed by atoms with Gasteiger partial charge in [0.25, 0.3) is 0 Å². The van der Waals surface area contributed by atoms with Gasteiger partial charge >= 0.3 is 0 Å². The van der Waals surface area contributed by atoms with E-state index in [2.05, 4.69) is 4.72 Å². The van der Waals surface area contributed by atoms with Gasteiger partial charge in [-0.1, -0.05) is 24.3 Å². The van der Waals surface area contributed by atoms with E-state index in [1.165, 1.54) is 25.3 Å². The number of carbonyl (C=O) groups excluding carboxylic acids is 1. The third kappa shape index (κ3) is 5.08. The summed E-state index contributed by atoms with van der Waals surface area (Å²) in [6.07, 6.45) is 2.07. The van der Waals surface area contributed by atoms with E-state index in [1.807, 2.05) is 0 Å². The van der Waals surface area contributed by atoms with Crippen LogP contribution in [0.3, 0.4) is 0 Å². The first-order valence-corrected chi connectivity index (χ1v) is 9.03. The monoisotopic (exact) mass is 376 g/mol. The van der Waals surface area contributed by atoms with Gasteiger partial charge in [-0.3, -0.25) is 0 Å². The molecule has 2 rings (SSSR count). The molecule has 0 aromatic heterocycles. The Morgan fingerprint density at radius 3 is 2.38 bits per heavy atom. The Kier molecular flexibility index (Phi) is 6.37. The number of hydrogen-bond acceptors (Lipinski definition) is 6. The lowest BCUT2D eigenvalue weighted by atomic mass is 10.2. The minimum atomic E-state index is -3.88. The summed E-state index contributed by atoms with van der Waals surface area (Å²) in [5.74, 6) is -0.550. The number of ether oxygens (including phenoxy) is 2. The molecule has 26 heavy (non-hydrogen) atoms. The van der Waals surface area contributed by atoms with E-state index in [1.54, 1.807) is 37.4 Å². The van der Waals surface area contributed by atoms with Crippen LogP contribution in [0.5, 0.6) is 11.5 Å². The van der Waals surface area contributed by atoms with Gasteiger partial charge in [0.15, 0.2) is 0 Å². The number of carboxylic acid groups (broad SMARTS) is 1. The maximum absolute atomic E-state index is 12.6. The lowest BCUT2D eigenvalue weighted by Gasteiger charge is -2.12. The molecule has 1 N–H and O–H groups in total. The van der Waals surface area contributed by atoms with Gasteiger partial charge < -0.3 is 19.4 Å².